The number of morpholine rings is 1. The number of benzene rings is 1. The van der Waals surface area contributed by atoms with E-state index in [1.807, 2.05) is 42.6 Å². The van der Waals surface area contributed by atoms with Gasteiger partial charge in [-0.3, -0.25) is 10.0 Å². The summed E-state index contributed by atoms with van der Waals surface area (Å²) in [6.07, 6.45) is 7.41. The Labute approximate surface area is 177 Å². The number of fused-ring (bicyclic) bond motifs is 2. The second-order valence-corrected chi connectivity index (χ2v) is 7.13. The molecule has 31 heavy (non-hydrogen) atoms. The van der Waals surface area contributed by atoms with Gasteiger partial charge in [-0.05, 0) is 42.5 Å². The van der Waals surface area contributed by atoms with Crippen molar-refractivity contribution in [2.75, 3.05) is 31.2 Å². The lowest BCUT2D eigenvalue weighted by Gasteiger charge is -2.28. The average molecular weight is 416 g/mol. The molecule has 0 bridgehead atoms. The quantitative estimate of drug-likeness (QED) is 0.389. The Hall–Kier alpha value is -3.82. The van der Waals surface area contributed by atoms with Crippen LogP contribution < -0.4 is 10.4 Å². The molecule has 0 aliphatic carbocycles. The molecular formula is C22H20N6O3. The summed E-state index contributed by atoms with van der Waals surface area (Å²) in [6, 6.07) is 10.8. The van der Waals surface area contributed by atoms with Crippen LogP contribution in [0.15, 0.2) is 48.8 Å². The van der Waals surface area contributed by atoms with Gasteiger partial charge in [0.15, 0.2) is 5.65 Å². The molecule has 4 aromatic rings. The van der Waals surface area contributed by atoms with Crippen molar-refractivity contribution in [3.8, 4) is 0 Å². The Bertz CT molecular complexity index is 1290. The maximum Gasteiger partial charge on any atom is 0.275 e. The molecule has 0 spiro atoms. The minimum absolute atomic E-state index is 0.366. The van der Waals surface area contributed by atoms with E-state index in [1.165, 1.54) is 0 Å². The molecule has 0 radical (unpaired) electrons. The van der Waals surface area contributed by atoms with Crippen LogP contribution in [0, 0.1) is 0 Å². The molecule has 0 saturated carbocycles. The molecule has 9 nitrogen and oxygen atoms in total. The highest BCUT2D eigenvalue weighted by Crippen LogP contribution is 2.22. The van der Waals surface area contributed by atoms with Gasteiger partial charge in [0.05, 0.1) is 53.8 Å². The predicted molar refractivity (Wildman–Crippen MR) is 116 cm³/mol. The van der Waals surface area contributed by atoms with Crippen molar-refractivity contribution in [1.29, 1.82) is 0 Å². The molecular weight excluding hydrogens is 396 g/mol. The Kier molecular flexibility index (Phi) is 5.03. The van der Waals surface area contributed by atoms with Crippen LogP contribution in [0.2, 0.25) is 0 Å². The molecule has 4 heterocycles. The molecule has 1 aliphatic heterocycles. The number of hydrogen-bond acceptors (Lipinski definition) is 7. The van der Waals surface area contributed by atoms with Gasteiger partial charge in [-0.1, -0.05) is 6.07 Å². The number of carbonyl (C=O) groups is 1. The molecule has 156 valence electrons. The first-order chi connectivity index (χ1) is 15.2. The maximum absolute atomic E-state index is 11.8. The molecule has 1 aliphatic rings. The summed E-state index contributed by atoms with van der Waals surface area (Å²) in [7, 11) is 0. The fourth-order valence-corrected chi connectivity index (χ4v) is 3.73. The highest BCUT2D eigenvalue weighted by atomic mass is 16.5. The van der Waals surface area contributed by atoms with Crippen LogP contribution in [0.25, 0.3) is 28.7 Å². The van der Waals surface area contributed by atoms with Gasteiger partial charge in [-0.15, -0.1) is 0 Å². The van der Waals surface area contributed by atoms with Crippen molar-refractivity contribution >= 4 is 40.3 Å². The lowest BCUT2D eigenvalue weighted by atomic mass is 10.1. The van der Waals surface area contributed by atoms with E-state index in [0.717, 1.165) is 35.8 Å². The minimum atomic E-state index is -0.566. The molecule has 1 amide bonds. The van der Waals surface area contributed by atoms with E-state index < -0.39 is 5.91 Å². The van der Waals surface area contributed by atoms with Crippen LogP contribution >= 0.6 is 0 Å². The Morgan fingerprint density at radius 3 is 2.74 bits per heavy atom. The first-order valence-corrected chi connectivity index (χ1v) is 9.92. The van der Waals surface area contributed by atoms with Crippen LogP contribution in [-0.2, 0) is 4.74 Å². The first kappa shape index (κ1) is 19.2. The van der Waals surface area contributed by atoms with E-state index in [2.05, 4.69) is 15.0 Å². The number of ether oxygens (including phenoxy) is 1. The number of rotatable bonds is 4. The molecule has 1 saturated heterocycles. The van der Waals surface area contributed by atoms with Crippen molar-refractivity contribution in [3.63, 3.8) is 0 Å². The van der Waals surface area contributed by atoms with Gasteiger partial charge >= 0.3 is 0 Å². The van der Waals surface area contributed by atoms with Gasteiger partial charge in [0.1, 0.15) is 0 Å². The molecule has 1 fully saturated rings. The summed E-state index contributed by atoms with van der Waals surface area (Å²) < 4.78 is 7.22. The summed E-state index contributed by atoms with van der Waals surface area (Å²) in [5, 5.41) is 14.0. The van der Waals surface area contributed by atoms with E-state index in [9.17, 15) is 4.79 Å². The monoisotopic (exact) mass is 416 g/mol. The molecule has 9 heteroatoms. The Morgan fingerprint density at radius 1 is 1.06 bits per heavy atom. The molecule has 5 rings (SSSR count). The number of aromatic nitrogens is 4. The van der Waals surface area contributed by atoms with Gasteiger partial charge in [0.2, 0.25) is 0 Å². The number of anilines is 1. The summed E-state index contributed by atoms with van der Waals surface area (Å²) in [4.78, 5) is 23.4. The van der Waals surface area contributed by atoms with Crippen LogP contribution in [0.3, 0.4) is 0 Å². The van der Waals surface area contributed by atoms with E-state index in [-0.39, 0.29) is 0 Å². The number of hydroxylamine groups is 1. The zero-order valence-electron chi connectivity index (χ0n) is 16.6. The van der Waals surface area contributed by atoms with E-state index in [4.69, 9.17) is 14.9 Å². The van der Waals surface area contributed by atoms with E-state index in [1.54, 1.807) is 28.3 Å². The van der Waals surface area contributed by atoms with Crippen molar-refractivity contribution in [2.24, 2.45) is 0 Å². The second-order valence-electron chi connectivity index (χ2n) is 7.13. The number of nitrogens with zero attached hydrogens (tertiary/aromatic N) is 5. The molecule has 0 unspecified atom stereocenters. The normalized spacial score (nSPS) is 14.5. The molecule has 3 aromatic heterocycles. The third-order valence-electron chi connectivity index (χ3n) is 5.24. The molecule has 1 aromatic carbocycles. The van der Waals surface area contributed by atoms with Crippen molar-refractivity contribution in [1.82, 2.24) is 25.1 Å². The zero-order valence-corrected chi connectivity index (χ0v) is 16.6. The first-order valence-electron chi connectivity index (χ1n) is 9.92. The summed E-state index contributed by atoms with van der Waals surface area (Å²) >= 11 is 0. The smallest absolute Gasteiger partial charge is 0.275 e. The third kappa shape index (κ3) is 3.72. The summed E-state index contributed by atoms with van der Waals surface area (Å²) in [5.41, 5.74) is 6.03. The average Bonchev–Trinajstić information content (AvgIpc) is 3.25. The van der Waals surface area contributed by atoms with Crippen LogP contribution in [0.5, 0.6) is 0 Å². The number of hydrogen-bond donors (Lipinski definition) is 2. The zero-order chi connectivity index (χ0) is 21.2. The number of nitrogens with one attached hydrogen (secondary N) is 1. The maximum atomic E-state index is 11.8. The van der Waals surface area contributed by atoms with Crippen LogP contribution in [0.4, 0.5) is 5.69 Å². The van der Waals surface area contributed by atoms with Crippen molar-refractivity contribution in [2.45, 2.75) is 0 Å². The highest BCUT2D eigenvalue weighted by Gasteiger charge is 2.16. The Morgan fingerprint density at radius 2 is 1.90 bits per heavy atom. The lowest BCUT2D eigenvalue weighted by molar-refractivity contribution is 0.0708. The topological polar surface area (TPSA) is 105 Å². The fraction of sp³-hybridized carbons (Fsp3) is 0.182. The third-order valence-corrected chi connectivity index (χ3v) is 5.24. The second kappa shape index (κ2) is 8.13. The molecule has 2 N–H and O–H groups in total. The van der Waals surface area contributed by atoms with Gasteiger partial charge in [0.25, 0.3) is 5.91 Å². The number of carbonyl (C=O) groups excluding carboxylic acids is 1. The Balaban J connectivity index is 1.45. The van der Waals surface area contributed by atoms with Crippen molar-refractivity contribution in [3.05, 3.63) is 65.7 Å². The summed E-state index contributed by atoms with van der Waals surface area (Å²) in [6.45, 7) is 3.07. The van der Waals surface area contributed by atoms with Gasteiger partial charge in [-0.2, -0.15) is 5.10 Å². The number of amides is 1. The van der Waals surface area contributed by atoms with Gasteiger partial charge in [0, 0.05) is 18.5 Å². The van der Waals surface area contributed by atoms with E-state index >= 15 is 0 Å². The van der Waals surface area contributed by atoms with E-state index in [0.29, 0.717) is 29.7 Å². The minimum Gasteiger partial charge on any atom is -0.378 e. The standard InChI is InChI=1S/C22H20N6O3/c29-22(26-30)18-2-1-3-19-17(18)7-6-15(24-19)4-5-16-14-28-21(25-16)20(8-9-23-28)27-10-12-31-13-11-27/h1-9,14,30H,10-13H2,(H,26,29). The van der Waals surface area contributed by atoms with Gasteiger partial charge < -0.3 is 9.64 Å². The number of imidazole rings is 1. The predicted octanol–water partition coefficient (Wildman–Crippen LogP) is 2.40. The van der Waals surface area contributed by atoms with Crippen LogP contribution in [-0.4, -0.2) is 57.0 Å². The number of pyridine rings is 1. The van der Waals surface area contributed by atoms with Crippen LogP contribution in [0.1, 0.15) is 21.7 Å². The SMILES string of the molecule is O=C(NO)c1cccc2nc(C=Cc3cn4nccc(N5CCOCC5)c4n3)ccc12. The van der Waals surface area contributed by atoms with Crippen molar-refractivity contribution < 1.29 is 14.7 Å². The highest BCUT2D eigenvalue weighted by molar-refractivity contribution is 6.05. The fourth-order valence-electron chi connectivity index (χ4n) is 3.73. The lowest BCUT2D eigenvalue weighted by Crippen LogP contribution is -2.36. The van der Waals surface area contributed by atoms with Gasteiger partial charge in [-0.25, -0.2) is 20.0 Å². The largest absolute Gasteiger partial charge is 0.378 e. The molecule has 0 atom stereocenters. The summed E-state index contributed by atoms with van der Waals surface area (Å²) in [5.74, 6) is -0.566.